The fourth-order valence-electron chi connectivity index (χ4n) is 2.14. The van der Waals surface area contributed by atoms with Gasteiger partial charge in [-0.2, -0.15) is 0 Å². The predicted octanol–water partition coefficient (Wildman–Crippen LogP) is 2.34. The molecule has 0 aliphatic carbocycles. The maximum atomic E-state index is 12.9. The molecule has 0 radical (unpaired) electrons. The van der Waals surface area contributed by atoms with Crippen molar-refractivity contribution in [2.75, 3.05) is 0 Å². The minimum absolute atomic E-state index is 0.0556. The first kappa shape index (κ1) is 17.1. The number of hydrogen-bond donors (Lipinski definition) is 2. The Labute approximate surface area is 142 Å². The average molecular weight is 379 g/mol. The average Bonchev–Trinajstić information content (AvgIpc) is 2.51. The summed E-state index contributed by atoms with van der Waals surface area (Å²) < 4.78 is 13.7. The molecule has 0 fully saturated rings. The maximum absolute atomic E-state index is 12.9. The van der Waals surface area contributed by atoms with Gasteiger partial charge in [0.15, 0.2) is 0 Å². The molecule has 0 heterocycles. The highest BCUT2D eigenvalue weighted by Crippen LogP contribution is 2.17. The van der Waals surface area contributed by atoms with Crippen LogP contribution in [0.2, 0.25) is 0 Å². The van der Waals surface area contributed by atoms with Crippen LogP contribution in [0, 0.1) is 5.82 Å². The Morgan fingerprint density at radius 3 is 2.39 bits per heavy atom. The van der Waals surface area contributed by atoms with Gasteiger partial charge in [0, 0.05) is 10.9 Å². The zero-order chi connectivity index (χ0) is 16.8. The highest BCUT2D eigenvalue weighted by molar-refractivity contribution is 9.10. The molecule has 120 valence electrons. The SMILES string of the molecule is NC(=O)[C@H](Cc1ccccc1Br)NC(=O)Cc1ccc(F)cc1. The van der Waals surface area contributed by atoms with Gasteiger partial charge < -0.3 is 11.1 Å². The molecule has 0 spiro atoms. The highest BCUT2D eigenvalue weighted by atomic mass is 79.9. The molecule has 0 aliphatic rings. The molecule has 6 heteroatoms. The number of benzene rings is 2. The normalized spacial score (nSPS) is 11.7. The Bertz CT molecular complexity index is 704. The number of primary amides is 1. The van der Waals surface area contributed by atoms with Crippen molar-refractivity contribution in [2.24, 2.45) is 5.73 Å². The number of carbonyl (C=O) groups is 2. The van der Waals surface area contributed by atoms with E-state index in [2.05, 4.69) is 21.2 Å². The fourth-order valence-corrected chi connectivity index (χ4v) is 2.59. The maximum Gasteiger partial charge on any atom is 0.240 e. The van der Waals surface area contributed by atoms with Gasteiger partial charge in [-0.25, -0.2) is 4.39 Å². The summed E-state index contributed by atoms with van der Waals surface area (Å²) in [5, 5.41) is 2.63. The van der Waals surface area contributed by atoms with Crippen LogP contribution in [0.3, 0.4) is 0 Å². The number of hydrogen-bond acceptors (Lipinski definition) is 2. The van der Waals surface area contributed by atoms with E-state index >= 15 is 0 Å². The van der Waals surface area contributed by atoms with Gasteiger partial charge in [0.25, 0.3) is 0 Å². The summed E-state index contributed by atoms with van der Waals surface area (Å²) in [6.45, 7) is 0. The Morgan fingerprint density at radius 2 is 1.78 bits per heavy atom. The molecule has 2 aromatic carbocycles. The van der Waals surface area contributed by atoms with Crippen LogP contribution < -0.4 is 11.1 Å². The number of amides is 2. The van der Waals surface area contributed by atoms with E-state index in [1.54, 1.807) is 0 Å². The quantitative estimate of drug-likeness (QED) is 0.809. The monoisotopic (exact) mass is 378 g/mol. The van der Waals surface area contributed by atoms with Gasteiger partial charge in [-0.3, -0.25) is 9.59 Å². The molecule has 0 saturated heterocycles. The van der Waals surface area contributed by atoms with Crippen LogP contribution in [0.1, 0.15) is 11.1 Å². The van der Waals surface area contributed by atoms with E-state index in [9.17, 15) is 14.0 Å². The van der Waals surface area contributed by atoms with Crippen molar-refractivity contribution in [2.45, 2.75) is 18.9 Å². The fraction of sp³-hybridized carbons (Fsp3) is 0.176. The second-order valence-electron chi connectivity index (χ2n) is 5.12. The van der Waals surface area contributed by atoms with E-state index in [4.69, 9.17) is 5.73 Å². The Kier molecular flexibility index (Phi) is 5.87. The molecule has 2 rings (SSSR count). The van der Waals surface area contributed by atoms with Crippen molar-refractivity contribution in [1.82, 2.24) is 5.32 Å². The van der Waals surface area contributed by atoms with Gasteiger partial charge >= 0.3 is 0 Å². The summed E-state index contributed by atoms with van der Waals surface area (Å²) in [7, 11) is 0. The molecule has 3 N–H and O–H groups in total. The lowest BCUT2D eigenvalue weighted by Crippen LogP contribution is -2.46. The molecule has 0 bridgehead atoms. The van der Waals surface area contributed by atoms with Crippen LogP contribution in [-0.2, 0) is 22.4 Å². The minimum Gasteiger partial charge on any atom is -0.368 e. The highest BCUT2D eigenvalue weighted by Gasteiger charge is 2.19. The van der Waals surface area contributed by atoms with Crippen molar-refractivity contribution < 1.29 is 14.0 Å². The smallest absolute Gasteiger partial charge is 0.240 e. The van der Waals surface area contributed by atoms with E-state index in [1.165, 1.54) is 24.3 Å². The Morgan fingerprint density at radius 1 is 1.13 bits per heavy atom. The summed E-state index contributed by atoms with van der Waals surface area (Å²) in [5.41, 5.74) is 6.91. The van der Waals surface area contributed by atoms with Gasteiger partial charge in [0.1, 0.15) is 11.9 Å². The largest absolute Gasteiger partial charge is 0.368 e. The third kappa shape index (κ3) is 5.17. The molecule has 1 atom stereocenters. The second-order valence-corrected chi connectivity index (χ2v) is 5.98. The summed E-state index contributed by atoms with van der Waals surface area (Å²) in [6.07, 6.45) is 0.353. The zero-order valence-electron chi connectivity index (χ0n) is 12.3. The molecule has 0 unspecified atom stereocenters. The molecule has 2 amide bonds. The van der Waals surface area contributed by atoms with Crippen molar-refractivity contribution in [3.63, 3.8) is 0 Å². The topological polar surface area (TPSA) is 72.2 Å². The molecule has 0 aromatic heterocycles. The second kappa shape index (κ2) is 7.87. The zero-order valence-corrected chi connectivity index (χ0v) is 13.8. The third-order valence-corrected chi connectivity index (χ3v) is 4.11. The molecule has 2 aromatic rings. The van der Waals surface area contributed by atoms with Crippen molar-refractivity contribution in [3.8, 4) is 0 Å². The number of carbonyl (C=O) groups excluding carboxylic acids is 2. The Hall–Kier alpha value is -2.21. The number of nitrogens with two attached hydrogens (primary N) is 1. The molecule has 4 nitrogen and oxygen atoms in total. The van der Waals surface area contributed by atoms with Crippen LogP contribution >= 0.6 is 15.9 Å². The Balaban J connectivity index is 2.01. The number of halogens is 2. The van der Waals surface area contributed by atoms with Crippen LogP contribution in [0.4, 0.5) is 4.39 Å². The first-order chi connectivity index (χ1) is 11.0. The lowest BCUT2D eigenvalue weighted by atomic mass is 10.0. The first-order valence-corrected chi connectivity index (χ1v) is 7.81. The molecule has 0 aliphatic heterocycles. The lowest BCUT2D eigenvalue weighted by molar-refractivity contribution is -0.127. The van der Waals surface area contributed by atoms with Gasteiger partial charge in [0.05, 0.1) is 6.42 Å². The van der Waals surface area contributed by atoms with E-state index in [0.717, 1.165) is 10.0 Å². The summed E-state index contributed by atoms with van der Waals surface area (Å²) in [5.74, 6) is -1.31. The molecule has 23 heavy (non-hydrogen) atoms. The van der Waals surface area contributed by atoms with Crippen LogP contribution in [0.15, 0.2) is 53.0 Å². The van der Waals surface area contributed by atoms with Gasteiger partial charge in [-0.1, -0.05) is 46.3 Å². The minimum atomic E-state index is -0.804. The van der Waals surface area contributed by atoms with E-state index in [-0.39, 0.29) is 18.1 Å². The van der Waals surface area contributed by atoms with E-state index in [0.29, 0.717) is 12.0 Å². The molecule has 0 saturated carbocycles. The van der Waals surface area contributed by atoms with Crippen molar-refractivity contribution in [3.05, 3.63) is 69.9 Å². The number of nitrogens with one attached hydrogen (secondary N) is 1. The summed E-state index contributed by atoms with van der Waals surface area (Å²) in [6, 6.07) is 12.2. The molecular formula is C17H16BrFN2O2. The van der Waals surface area contributed by atoms with Gasteiger partial charge in [0.2, 0.25) is 11.8 Å². The van der Waals surface area contributed by atoms with Crippen molar-refractivity contribution in [1.29, 1.82) is 0 Å². The lowest BCUT2D eigenvalue weighted by Gasteiger charge is -2.16. The third-order valence-electron chi connectivity index (χ3n) is 3.34. The summed E-state index contributed by atoms with van der Waals surface area (Å²) in [4.78, 5) is 23.7. The van der Waals surface area contributed by atoms with Gasteiger partial charge in [-0.15, -0.1) is 0 Å². The predicted molar refractivity (Wildman–Crippen MR) is 89.1 cm³/mol. The standard InChI is InChI=1S/C17H16BrFN2O2/c18-14-4-2-1-3-12(14)10-15(17(20)23)21-16(22)9-11-5-7-13(19)8-6-11/h1-8,15H,9-10H2,(H2,20,23)(H,21,22)/t15-/m0/s1. The summed E-state index contributed by atoms with van der Waals surface area (Å²) >= 11 is 3.40. The molecular weight excluding hydrogens is 363 g/mol. The van der Waals surface area contributed by atoms with Gasteiger partial charge in [-0.05, 0) is 29.3 Å². The van der Waals surface area contributed by atoms with E-state index in [1.807, 2.05) is 24.3 Å². The first-order valence-electron chi connectivity index (χ1n) is 7.02. The van der Waals surface area contributed by atoms with E-state index < -0.39 is 11.9 Å². The van der Waals surface area contributed by atoms with Crippen LogP contribution in [0.25, 0.3) is 0 Å². The van der Waals surface area contributed by atoms with Crippen LogP contribution in [-0.4, -0.2) is 17.9 Å². The van der Waals surface area contributed by atoms with Crippen LogP contribution in [0.5, 0.6) is 0 Å². The van der Waals surface area contributed by atoms with Crippen molar-refractivity contribution >= 4 is 27.7 Å². The number of rotatable bonds is 6.